The Hall–Kier alpha value is -1.91. The maximum Gasteiger partial charge on any atom is 0.335 e. The first-order valence-electron chi connectivity index (χ1n) is 4.50. The molecule has 80 valence electrons. The average Bonchev–Trinajstić information content (AvgIpc) is 2.21. The van der Waals surface area contributed by atoms with E-state index in [0.29, 0.717) is 6.61 Å². The molecule has 1 rings (SSSR count). The topological polar surface area (TPSA) is 61.2 Å². The molecule has 0 aromatic carbocycles. The van der Waals surface area contributed by atoms with Crippen LogP contribution in [-0.4, -0.2) is 22.1 Å². The molecule has 0 saturated heterocycles. The predicted octanol–water partition coefficient (Wildman–Crippen LogP) is 0.363. The minimum absolute atomic E-state index is 0.103. The lowest BCUT2D eigenvalue weighted by Crippen LogP contribution is -2.22. The minimum atomic E-state index is -0.492. The van der Waals surface area contributed by atoms with Gasteiger partial charge in [-0.15, -0.1) is 0 Å². The molecule has 0 aliphatic carbocycles. The van der Waals surface area contributed by atoms with Crippen LogP contribution in [0, 0.1) is 0 Å². The molecule has 5 heteroatoms. The largest absolute Gasteiger partial charge is 0.463 e. The zero-order chi connectivity index (χ0) is 11.3. The van der Waals surface area contributed by atoms with Crippen LogP contribution in [-0.2, 0) is 16.1 Å². The Labute approximate surface area is 87.0 Å². The van der Waals surface area contributed by atoms with E-state index in [9.17, 15) is 9.59 Å². The second-order valence-electron chi connectivity index (χ2n) is 2.87. The van der Waals surface area contributed by atoms with Gasteiger partial charge in [-0.05, 0) is 6.92 Å². The van der Waals surface area contributed by atoms with Gasteiger partial charge in [0.25, 0.3) is 5.56 Å². The summed E-state index contributed by atoms with van der Waals surface area (Å²) in [6.07, 6.45) is 2.75. The number of carbonyl (C=O) groups excluding carboxylic acids is 1. The highest BCUT2D eigenvalue weighted by Crippen LogP contribution is 1.97. The normalized spacial score (nSPS) is 9.67. The fraction of sp³-hybridized carbons (Fsp3) is 0.300. The quantitative estimate of drug-likeness (QED) is 0.529. The fourth-order valence-corrected chi connectivity index (χ4v) is 1.00. The van der Waals surface area contributed by atoms with E-state index < -0.39 is 5.97 Å². The van der Waals surface area contributed by atoms with Crippen molar-refractivity contribution < 1.29 is 9.53 Å². The van der Waals surface area contributed by atoms with Crippen LogP contribution in [0.1, 0.15) is 6.92 Å². The summed E-state index contributed by atoms with van der Waals surface area (Å²) in [7, 11) is 0. The summed E-state index contributed by atoms with van der Waals surface area (Å²) < 4.78 is 6.03. The van der Waals surface area contributed by atoms with Crippen molar-refractivity contribution in [2.75, 3.05) is 6.61 Å². The highest BCUT2D eigenvalue weighted by Gasteiger charge is 2.08. The maximum absolute atomic E-state index is 11.3. The molecule has 1 aromatic heterocycles. The number of esters is 1. The van der Waals surface area contributed by atoms with Crippen LogP contribution in [0.25, 0.3) is 0 Å². The molecule has 1 aromatic rings. The lowest BCUT2D eigenvalue weighted by atomic mass is 10.3. The number of aromatic nitrogens is 2. The number of hydrogen-bond donors (Lipinski definition) is 0. The predicted molar refractivity (Wildman–Crippen MR) is 54.3 cm³/mol. The summed E-state index contributed by atoms with van der Waals surface area (Å²) in [5.74, 6) is -0.492. The van der Waals surface area contributed by atoms with Crippen LogP contribution >= 0.6 is 0 Å². The van der Waals surface area contributed by atoms with Crippen LogP contribution in [0.5, 0.6) is 0 Å². The summed E-state index contributed by atoms with van der Waals surface area (Å²) in [6.45, 7) is 5.65. The van der Waals surface area contributed by atoms with Gasteiger partial charge >= 0.3 is 5.97 Å². The molecular weight excluding hydrogens is 196 g/mol. The Bertz CT molecular complexity index is 423. The fourth-order valence-electron chi connectivity index (χ4n) is 1.00. The standard InChI is InChI=1S/C10H12N2O3/c1-3-15-10(14)8(2)6-12-7-11-5-4-9(12)13/h4-5,7H,2-3,6H2,1H3. The van der Waals surface area contributed by atoms with Gasteiger partial charge in [-0.3, -0.25) is 9.36 Å². The van der Waals surface area contributed by atoms with Gasteiger partial charge in [0.2, 0.25) is 0 Å². The molecule has 5 nitrogen and oxygen atoms in total. The third kappa shape index (κ3) is 3.05. The summed E-state index contributed by atoms with van der Waals surface area (Å²) in [5.41, 5.74) is 0.00222. The molecule has 0 bridgehead atoms. The number of hydrogen-bond acceptors (Lipinski definition) is 4. The molecule has 0 atom stereocenters. The maximum atomic E-state index is 11.3. The van der Waals surface area contributed by atoms with E-state index in [2.05, 4.69) is 11.6 Å². The molecule has 0 N–H and O–H groups in total. The molecular formula is C10H12N2O3. The summed E-state index contributed by atoms with van der Waals surface area (Å²) in [5, 5.41) is 0. The summed E-state index contributed by atoms with van der Waals surface area (Å²) >= 11 is 0. The van der Waals surface area contributed by atoms with Crippen molar-refractivity contribution >= 4 is 5.97 Å². The van der Waals surface area contributed by atoms with Gasteiger partial charge in [-0.25, -0.2) is 9.78 Å². The van der Waals surface area contributed by atoms with Crippen molar-refractivity contribution in [1.29, 1.82) is 0 Å². The van der Waals surface area contributed by atoms with Crippen LogP contribution in [0.4, 0.5) is 0 Å². The van der Waals surface area contributed by atoms with Crippen molar-refractivity contribution in [2.24, 2.45) is 0 Å². The van der Waals surface area contributed by atoms with Gasteiger partial charge in [0, 0.05) is 17.8 Å². The van der Waals surface area contributed by atoms with Crippen molar-refractivity contribution in [3.05, 3.63) is 41.1 Å². The molecule has 0 unspecified atom stereocenters. The van der Waals surface area contributed by atoms with Crippen LogP contribution in [0.2, 0.25) is 0 Å². The number of nitrogens with zero attached hydrogens (tertiary/aromatic N) is 2. The summed E-state index contributed by atoms with van der Waals surface area (Å²) in [6, 6.07) is 1.32. The van der Waals surface area contributed by atoms with Crippen LogP contribution in [0.3, 0.4) is 0 Å². The van der Waals surface area contributed by atoms with Gasteiger partial charge in [0.15, 0.2) is 0 Å². The number of rotatable bonds is 4. The van der Waals surface area contributed by atoms with Crippen LogP contribution < -0.4 is 5.56 Å². The Kier molecular flexibility index (Phi) is 3.79. The zero-order valence-corrected chi connectivity index (χ0v) is 8.47. The van der Waals surface area contributed by atoms with Crippen molar-refractivity contribution in [3.8, 4) is 0 Å². The van der Waals surface area contributed by atoms with Crippen molar-refractivity contribution in [3.63, 3.8) is 0 Å². The minimum Gasteiger partial charge on any atom is -0.463 e. The first-order valence-corrected chi connectivity index (χ1v) is 4.50. The van der Waals surface area contributed by atoms with Gasteiger partial charge in [-0.2, -0.15) is 0 Å². The highest BCUT2D eigenvalue weighted by atomic mass is 16.5. The highest BCUT2D eigenvalue weighted by molar-refractivity contribution is 5.87. The zero-order valence-electron chi connectivity index (χ0n) is 8.47. The Morgan fingerprint density at radius 1 is 1.67 bits per heavy atom. The van der Waals surface area contributed by atoms with E-state index in [1.54, 1.807) is 6.92 Å². The van der Waals surface area contributed by atoms with E-state index in [4.69, 9.17) is 4.74 Å². The van der Waals surface area contributed by atoms with Gasteiger partial charge in [0.05, 0.1) is 19.5 Å². The smallest absolute Gasteiger partial charge is 0.335 e. The van der Waals surface area contributed by atoms with E-state index in [0.717, 1.165) is 0 Å². The van der Waals surface area contributed by atoms with Crippen molar-refractivity contribution in [2.45, 2.75) is 13.5 Å². The van der Waals surface area contributed by atoms with E-state index >= 15 is 0 Å². The lowest BCUT2D eigenvalue weighted by Gasteiger charge is -2.06. The molecule has 0 spiro atoms. The van der Waals surface area contributed by atoms with E-state index in [1.165, 1.54) is 23.2 Å². The second-order valence-corrected chi connectivity index (χ2v) is 2.87. The van der Waals surface area contributed by atoms with E-state index in [1.807, 2.05) is 0 Å². The third-order valence-corrected chi connectivity index (χ3v) is 1.72. The molecule has 0 aliphatic heterocycles. The van der Waals surface area contributed by atoms with Gasteiger partial charge in [0.1, 0.15) is 0 Å². The first-order chi connectivity index (χ1) is 7.15. The SMILES string of the molecule is C=C(Cn1cnccc1=O)C(=O)OCC. The average molecular weight is 208 g/mol. The molecule has 0 fully saturated rings. The Morgan fingerprint density at radius 3 is 3.00 bits per heavy atom. The van der Waals surface area contributed by atoms with Crippen molar-refractivity contribution in [1.82, 2.24) is 9.55 Å². The number of ether oxygens (including phenoxy) is 1. The molecule has 0 radical (unpaired) electrons. The molecule has 1 heterocycles. The van der Waals surface area contributed by atoms with Gasteiger partial charge in [-0.1, -0.05) is 6.58 Å². The second kappa shape index (κ2) is 5.09. The Balaban J connectivity index is 2.71. The summed E-state index contributed by atoms with van der Waals surface area (Å²) in [4.78, 5) is 26.2. The Morgan fingerprint density at radius 2 is 2.40 bits per heavy atom. The molecule has 0 amide bonds. The molecule has 15 heavy (non-hydrogen) atoms. The van der Waals surface area contributed by atoms with E-state index in [-0.39, 0.29) is 17.7 Å². The lowest BCUT2D eigenvalue weighted by molar-refractivity contribution is -0.138. The molecule has 0 aliphatic rings. The number of carbonyl (C=O) groups is 1. The third-order valence-electron chi connectivity index (χ3n) is 1.72. The van der Waals surface area contributed by atoms with Crippen LogP contribution in [0.15, 0.2) is 35.5 Å². The monoisotopic (exact) mass is 208 g/mol. The van der Waals surface area contributed by atoms with Gasteiger partial charge < -0.3 is 4.74 Å². The first kappa shape index (κ1) is 11.2. The molecule has 0 saturated carbocycles.